The number of hydrogen-bond donors (Lipinski definition) is 2. The maximum atomic E-state index is 5.73. The zero-order chi connectivity index (χ0) is 20.9. The lowest BCUT2D eigenvalue weighted by Crippen LogP contribution is -2.16. The highest BCUT2D eigenvalue weighted by atomic mass is 16.5. The molecule has 0 aliphatic rings. The molecule has 0 aliphatic carbocycles. The SMILES string of the molecule is COc1ccnc(NC[C@H](c2cccc(OC)c2OC)c2c[nH]c3ccccc23)n1. The highest BCUT2D eigenvalue weighted by molar-refractivity contribution is 5.84. The zero-order valence-corrected chi connectivity index (χ0v) is 17.2. The van der Waals surface area contributed by atoms with Crippen molar-refractivity contribution in [2.24, 2.45) is 0 Å². The molecule has 7 nitrogen and oxygen atoms in total. The van der Waals surface area contributed by atoms with Crippen LogP contribution < -0.4 is 19.5 Å². The van der Waals surface area contributed by atoms with E-state index in [1.54, 1.807) is 33.6 Å². The Morgan fingerprint density at radius 3 is 2.60 bits per heavy atom. The molecule has 0 radical (unpaired) electrons. The smallest absolute Gasteiger partial charge is 0.225 e. The Morgan fingerprint density at radius 2 is 1.80 bits per heavy atom. The summed E-state index contributed by atoms with van der Waals surface area (Å²) in [6, 6.07) is 15.9. The molecule has 154 valence electrons. The van der Waals surface area contributed by atoms with Gasteiger partial charge in [0.25, 0.3) is 0 Å². The van der Waals surface area contributed by atoms with Gasteiger partial charge in [0.1, 0.15) is 0 Å². The Bertz CT molecular complexity index is 1140. The Kier molecular flexibility index (Phi) is 5.70. The fraction of sp³-hybridized carbons (Fsp3) is 0.217. The standard InChI is InChI=1S/C23H24N4O3/c1-28-20-10-6-8-16(22(20)30-3)18(14-26-23-24-12-11-21(27-23)29-2)17-13-25-19-9-5-4-7-15(17)19/h4-13,18,25H,14H2,1-3H3,(H,24,26,27)/t18-/m1/s1. The second-order valence-electron chi connectivity index (χ2n) is 6.73. The van der Waals surface area contributed by atoms with Crippen molar-refractivity contribution in [3.05, 3.63) is 72.1 Å². The predicted octanol–water partition coefficient (Wildman–Crippen LogP) is 4.23. The van der Waals surface area contributed by atoms with Crippen LogP contribution in [0.3, 0.4) is 0 Å². The van der Waals surface area contributed by atoms with E-state index in [-0.39, 0.29) is 5.92 Å². The minimum Gasteiger partial charge on any atom is -0.493 e. The van der Waals surface area contributed by atoms with Crippen LogP contribution in [0.1, 0.15) is 17.0 Å². The number of para-hydroxylation sites is 2. The van der Waals surface area contributed by atoms with E-state index in [0.29, 0.717) is 29.9 Å². The molecule has 0 saturated heterocycles. The van der Waals surface area contributed by atoms with Gasteiger partial charge in [0.05, 0.1) is 21.3 Å². The summed E-state index contributed by atoms with van der Waals surface area (Å²) < 4.78 is 16.5. The molecular weight excluding hydrogens is 380 g/mol. The van der Waals surface area contributed by atoms with E-state index >= 15 is 0 Å². The molecule has 1 atom stereocenters. The fourth-order valence-electron chi connectivity index (χ4n) is 3.69. The van der Waals surface area contributed by atoms with Crippen LogP contribution in [0.5, 0.6) is 17.4 Å². The van der Waals surface area contributed by atoms with Gasteiger partial charge in [0.15, 0.2) is 11.5 Å². The fourth-order valence-corrected chi connectivity index (χ4v) is 3.69. The van der Waals surface area contributed by atoms with Crippen molar-refractivity contribution in [3.63, 3.8) is 0 Å². The first-order valence-corrected chi connectivity index (χ1v) is 9.63. The van der Waals surface area contributed by atoms with Crippen LogP contribution in [0.25, 0.3) is 10.9 Å². The predicted molar refractivity (Wildman–Crippen MR) is 117 cm³/mol. The number of aromatic amines is 1. The summed E-state index contributed by atoms with van der Waals surface area (Å²) in [5, 5.41) is 4.50. The van der Waals surface area contributed by atoms with E-state index in [1.807, 2.05) is 30.5 Å². The molecule has 30 heavy (non-hydrogen) atoms. The van der Waals surface area contributed by atoms with Gasteiger partial charge in [-0.25, -0.2) is 4.98 Å². The number of methoxy groups -OCH3 is 3. The van der Waals surface area contributed by atoms with Crippen LogP contribution in [0.4, 0.5) is 5.95 Å². The number of nitrogens with zero attached hydrogens (tertiary/aromatic N) is 2. The van der Waals surface area contributed by atoms with Gasteiger partial charge in [-0.05, 0) is 17.7 Å². The summed E-state index contributed by atoms with van der Waals surface area (Å²) >= 11 is 0. The summed E-state index contributed by atoms with van der Waals surface area (Å²) in [5.41, 5.74) is 3.24. The molecule has 2 heterocycles. The van der Waals surface area contributed by atoms with Crippen LogP contribution >= 0.6 is 0 Å². The van der Waals surface area contributed by atoms with Crippen LogP contribution in [-0.4, -0.2) is 42.8 Å². The van der Waals surface area contributed by atoms with E-state index in [4.69, 9.17) is 14.2 Å². The van der Waals surface area contributed by atoms with Crippen molar-refractivity contribution in [1.29, 1.82) is 0 Å². The zero-order valence-electron chi connectivity index (χ0n) is 17.2. The van der Waals surface area contributed by atoms with E-state index in [9.17, 15) is 0 Å². The van der Waals surface area contributed by atoms with Crippen molar-refractivity contribution >= 4 is 16.9 Å². The number of fused-ring (bicyclic) bond motifs is 1. The van der Waals surface area contributed by atoms with E-state index in [1.165, 1.54) is 0 Å². The molecule has 4 rings (SSSR count). The quantitative estimate of drug-likeness (QED) is 0.457. The Labute approximate surface area is 175 Å². The molecule has 0 aliphatic heterocycles. The molecule has 2 N–H and O–H groups in total. The second kappa shape index (κ2) is 8.73. The molecule has 7 heteroatoms. The lowest BCUT2D eigenvalue weighted by Gasteiger charge is -2.22. The van der Waals surface area contributed by atoms with Gasteiger partial charge in [-0.2, -0.15) is 4.98 Å². The topological polar surface area (TPSA) is 81.3 Å². The number of ether oxygens (including phenoxy) is 3. The number of rotatable bonds is 8. The molecule has 2 aromatic carbocycles. The largest absolute Gasteiger partial charge is 0.493 e. The van der Waals surface area contributed by atoms with E-state index < -0.39 is 0 Å². The summed E-state index contributed by atoms with van der Waals surface area (Å²) in [4.78, 5) is 12.0. The highest BCUT2D eigenvalue weighted by Crippen LogP contribution is 2.40. The Morgan fingerprint density at radius 1 is 0.933 bits per heavy atom. The summed E-state index contributed by atoms with van der Waals surface area (Å²) in [6.45, 7) is 0.554. The molecule has 0 spiro atoms. The number of benzene rings is 2. The molecule has 0 amide bonds. The van der Waals surface area contributed by atoms with Gasteiger partial charge in [0, 0.05) is 47.4 Å². The van der Waals surface area contributed by atoms with Crippen molar-refractivity contribution < 1.29 is 14.2 Å². The van der Waals surface area contributed by atoms with Gasteiger partial charge >= 0.3 is 0 Å². The van der Waals surface area contributed by atoms with Crippen LogP contribution in [-0.2, 0) is 0 Å². The van der Waals surface area contributed by atoms with Crippen LogP contribution in [0.15, 0.2) is 60.9 Å². The number of hydrogen-bond acceptors (Lipinski definition) is 6. The van der Waals surface area contributed by atoms with Crippen molar-refractivity contribution in [1.82, 2.24) is 15.0 Å². The maximum absolute atomic E-state index is 5.73. The van der Waals surface area contributed by atoms with E-state index in [2.05, 4.69) is 38.5 Å². The van der Waals surface area contributed by atoms with Gasteiger partial charge < -0.3 is 24.5 Å². The van der Waals surface area contributed by atoms with Crippen molar-refractivity contribution in [2.75, 3.05) is 33.2 Å². The van der Waals surface area contributed by atoms with Gasteiger partial charge in [-0.3, -0.25) is 0 Å². The second-order valence-corrected chi connectivity index (χ2v) is 6.73. The third-order valence-corrected chi connectivity index (χ3v) is 5.11. The van der Waals surface area contributed by atoms with Crippen LogP contribution in [0, 0.1) is 0 Å². The first-order valence-electron chi connectivity index (χ1n) is 9.63. The van der Waals surface area contributed by atoms with Gasteiger partial charge in [-0.1, -0.05) is 30.3 Å². The number of anilines is 1. The van der Waals surface area contributed by atoms with Gasteiger partial charge in [-0.15, -0.1) is 0 Å². The number of aromatic nitrogens is 3. The third kappa shape index (κ3) is 3.74. The average molecular weight is 404 g/mol. The van der Waals surface area contributed by atoms with Crippen molar-refractivity contribution in [2.45, 2.75) is 5.92 Å². The minimum absolute atomic E-state index is 0.0407. The first-order chi connectivity index (χ1) is 14.7. The van der Waals surface area contributed by atoms with Crippen molar-refractivity contribution in [3.8, 4) is 17.4 Å². The molecule has 0 bridgehead atoms. The van der Waals surface area contributed by atoms with Crippen LogP contribution in [0.2, 0.25) is 0 Å². The molecular formula is C23H24N4O3. The Hall–Kier alpha value is -3.74. The lowest BCUT2D eigenvalue weighted by atomic mass is 9.90. The first kappa shape index (κ1) is 19.6. The summed E-state index contributed by atoms with van der Waals surface area (Å²) in [7, 11) is 4.89. The maximum Gasteiger partial charge on any atom is 0.225 e. The summed E-state index contributed by atoms with van der Waals surface area (Å²) in [6.07, 6.45) is 3.71. The molecule has 4 aromatic rings. The number of nitrogens with one attached hydrogen (secondary N) is 2. The monoisotopic (exact) mass is 404 g/mol. The number of H-pyrrole nitrogens is 1. The highest BCUT2D eigenvalue weighted by Gasteiger charge is 2.24. The van der Waals surface area contributed by atoms with E-state index in [0.717, 1.165) is 22.0 Å². The molecule has 0 saturated carbocycles. The Balaban J connectivity index is 1.77. The molecule has 0 fully saturated rings. The summed E-state index contributed by atoms with van der Waals surface area (Å²) in [5.74, 6) is 2.37. The average Bonchev–Trinajstić information content (AvgIpc) is 3.23. The molecule has 2 aromatic heterocycles. The van der Waals surface area contributed by atoms with Gasteiger partial charge in [0.2, 0.25) is 11.8 Å². The minimum atomic E-state index is -0.0407. The normalized spacial score (nSPS) is 11.8. The third-order valence-electron chi connectivity index (χ3n) is 5.11. The molecule has 0 unspecified atom stereocenters. The lowest BCUT2D eigenvalue weighted by molar-refractivity contribution is 0.350.